The van der Waals surface area contributed by atoms with Crippen LogP contribution in [0.2, 0.25) is 0 Å². The molecule has 0 unspecified atom stereocenters. The largest absolute Gasteiger partial charge is 0.368 e. The van der Waals surface area contributed by atoms with Gasteiger partial charge in [0.25, 0.3) is 5.91 Å². The lowest BCUT2D eigenvalue weighted by molar-refractivity contribution is -0.140. The summed E-state index contributed by atoms with van der Waals surface area (Å²) in [4.78, 5) is 17.8. The number of halogens is 1. The minimum atomic E-state index is -0.710. The van der Waals surface area contributed by atoms with Crippen molar-refractivity contribution >= 4 is 34.8 Å². The second-order valence-electron chi connectivity index (χ2n) is 4.56. The molecule has 108 valence electrons. The van der Waals surface area contributed by atoms with Crippen LogP contribution < -0.4 is 10.6 Å². The summed E-state index contributed by atoms with van der Waals surface area (Å²) in [7, 11) is 1.60. The molecule has 1 amide bonds. The van der Waals surface area contributed by atoms with Gasteiger partial charge in [-0.1, -0.05) is 0 Å². The second kappa shape index (κ2) is 6.65. The molecule has 5 nitrogen and oxygen atoms in total. The van der Waals surface area contributed by atoms with E-state index in [1.54, 1.807) is 7.11 Å². The van der Waals surface area contributed by atoms with Crippen LogP contribution in [0, 0.1) is 13.8 Å². The molecule has 1 aromatic heterocycles. The van der Waals surface area contributed by atoms with Gasteiger partial charge in [-0.2, -0.15) is 0 Å². The van der Waals surface area contributed by atoms with E-state index in [2.05, 4.69) is 15.6 Å². The summed E-state index contributed by atoms with van der Waals surface area (Å²) in [5.74, 6) is -0.0831. The number of methoxy groups -OCH3 is 1. The van der Waals surface area contributed by atoms with E-state index in [0.717, 1.165) is 23.7 Å². The molecule has 1 aliphatic rings. The predicted octanol–water partition coefficient (Wildman–Crippen LogP) is 1.89. The zero-order valence-electron chi connectivity index (χ0n) is 11.4. The minimum Gasteiger partial charge on any atom is -0.368 e. The molecule has 1 saturated heterocycles. The molecule has 0 aromatic carbocycles. The third kappa shape index (κ3) is 3.45. The van der Waals surface area contributed by atoms with Crippen LogP contribution >= 0.6 is 23.7 Å². The lowest BCUT2D eigenvalue weighted by Crippen LogP contribution is -2.51. The van der Waals surface area contributed by atoms with E-state index >= 15 is 0 Å². The first-order valence-electron chi connectivity index (χ1n) is 6.09. The highest BCUT2D eigenvalue weighted by molar-refractivity contribution is 7.15. The van der Waals surface area contributed by atoms with Gasteiger partial charge >= 0.3 is 0 Å². The maximum atomic E-state index is 12.3. The van der Waals surface area contributed by atoms with E-state index < -0.39 is 5.60 Å². The van der Waals surface area contributed by atoms with Crippen LogP contribution in [0.5, 0.6) is 0 Å². The first kappa shape index (κ1) is 16.4. The van der Waals surface area contributed by atoms with Gasteiger partial charge in [-0.15, -0.1) is 23.7 Å². The summed E-state index contributed by atoms with van der Waals surface area (Å²) < 4.78 is 5.47. The number of anilines is 1. The maximum absolute atomic E-state index is 12.3. The lowest BCUT2D eigenvalue weighted by atomic mass is 9.91. The van der Waals surface area contributed by atoms with Crippen molar-refractivity contribution in [2.45, 2.75) is 32.3 Å². The molecule has 19 heavy (non-hydrogen) atoms. The van der Waals surface area contributed by atoms with Crippen LogP contribution in [0.4, 0.5) is 5.13 Å². The van der Waals surface area contributed by atoms with E-state index in [1.807, 2.05) is 13.8 Å². The number of aryl methyl sites for hydroxylation is 2. The molecule has 2 N–H and O–H groups in total. The fraction of sp³-hybridized carbons (Fsp3) is 0.667. The van der Waals surface area contributed by atoms with Gasteiger partial charge < -0.3 is 10.1 Å². The summed E-state index contributed by atoms with van der Waals surface area (Å²) in [6.45, 7) is 5.55. The van der Waals surface area contributed by atoms with Crippen molar-refractivity contribution in [3.05, 3.63) is 10.6 Å². The second-order valence-corrected chi connectivity index (χ2v) is 5.77. The number of hydrogen-bond donors (Lipinski definition) is 2. The molecule has 7 heteroatoms. The Kier molecular flexibility index (Phi) is 5.73. The molecule has 2 rings (SSSR count). The number of carbonyl (C=O) groups excluding carboxylic acids is 1. The van der Waals surface area contributed by atoms with Crippen molar-refractivity contribution in [3.8, 4) is 0 Å². The summed E-state index contributed by atoms with van der Waals surface area (Å²) >= 11 is 1.50. The molecule has 1 aliphatic heterocycles. The zero-order valence-corrected chi connectivity index (χ0v) is 13.0. The summed E-state index contributed by atoms with van der Waals surface area (Å²) in [6, 6.07) is 0. The van der Waals surface area contributed by atoms with E-state index in [9.17, 15) is 4.79 Å². The molecule has 0 saturated carbocycles. The Morgan fingerprint density at radius 3 is 2.53 bits per heavy atom. The summed E-state index contributed by atoms with van der Waals surface area (Å²) in [5.41, 5.74) is 0.255. The highest BCUT2D eigenvalue weighted by Gasteiger charge is 2.40. The molecule has 0 spiro atoms. The number of carbonyl (C=O) groups is 1. The normalized spacial score (nSPS) is 17.6. The molecule has 2 heterocycles. The third-order valence-electron chi connectivity index (χ3n) is 3.46. The Balaban J connectivity index is 0.00000180. The number of thiazole rings is 1. The monoisotopic (exact) mass is 305 g/mol. The fourth-order valence-corrected chi connectivity index (χ4v) is 2.90. The van der Waals surface area contributed by atoms with E-state index in [0.29, 0.717) is 18.0 Å². The van der Waals surface area contributed by atoms with Crippen LogP contribution in [0.1, 0.15) is 23.4 Å². The molecular formula is C12H20ClN3O2S. The third-order valence-corrected chi connectivity index (χ3v) is 4.45. The Labute approximate surface area is 123 Å². The van der Waals surface area contributed by atoms with Gasteiger partial charge in [-0.25, -0.2) is 4.98 Å². The molecule has 1 fully saturated rings. The molecule has 0 bridgehead atoms. The number of piperidine rings is 1. The number of nitrogens with zero attached hydrogens (tertiary/aromatic N) is 1. The first-order valence-corrected chi connectivity index (χ1v) is 6.90. The number of ether oxygens (including phenoxy) is 1. The molecular weight excluding hydrogens is 286 g/mol. The SMILES string of the molecule is COC1(C(=O)Nc2nc(C)c(C)s2)CCNCC1.Cl. The van der Waals surface area contributed by atoms with Gasteiger partial charge in [0.15, 0.2) is 5.13 Å². The summed E-state index contributed by atoms with van der Waals surface area (Å²) in [5, 5.41) is 6.77. The van der Waals surface area contributed by atoms with Crippen LogP contribution in [-0.2, 0) is 9.53 Å². The van der Waals surface area contributed by atoms with Crippen molar-refractivity contribution in [1.29, 1.82) is 0 Å². The van der Waals surface area contributed by atoms with Crippen molar-refractivity contribution in [2.24, 2.45) is 0 Å². The average Bonchev–Trinajstić information content (AvgIpc) is 2.69. The van der Waals surface area contributed by atoms with Gasteiger partial charge in [-0.05, 0) is 39.8 Å². The van der Waals surface area contributed by atoms with Gasteiger partial charge in [-0.3, -0.25) is 10.1 Å². The van der Waals surface area contributed by atoms with Crippen molar-refractivity contribution in [1.82, 2.24) is 10.3 Å². The first-order chi connectivity index (χ1) is 8.57. The van der Waals surface area contributed by atoms with E-state index in [1.165, 1.54) is 11.3 Å². The fourth-order valence-electron chi connectivity index (χ4n) is 2.09. The molecule has 0 radical (unpaired) electrons. The standard InChI is InChI=1S/C12H19N3O2S.ClH/c1-8-9(2)18-11(14-8)15-10(16)12(17-3)4-6-13-7-5-12;/h13H,4-7H2,1-3H3,(H,14,15,16);1H. The van der Waals surface area contributed by atoms with Gasteiger partial charge in [0.05, 0.1) is 5.69 Å². The number of hydrogen-bond acceptors (Lipinski definition) is 5. The Morgan fingerprint density at radius 2 is 2.05 bits per heavy atom. The average molecular weight is 306 g/mol. The molecule has 1 aromatic rings. The highest BCUT2D eigenvalue weighted by Crippen LogP contribution is 2.27. The Bertz CT molecular complexity index is 425. The topological polar surface area (TPSA) is 63.2 Å². The number of nitrogens with one attached hydrogen (secondary N) is 2. The quantitative estimate of drug-likeness (QED) is 0.895. The predicted molar refractivity (Wildman–Crippen MR) is 79.3 cm³/mol. The zero-order chi connectivity index (χ0) is 13.2. The van der Waals surface area contributed by atoms with Gasteiger partial charge in [0.1, 0.15) is 5.60 Å². The van der Waals surface area contributed by atoms with Crippen LogP contribution in [-0.4, -0.2) is 36.7 Å². The highest BCUT2D eigenvalue weighted by atomic mass is 35.5. The van der Waals surface area contributed by atoms with Crippen molar-refractivity contribution in [3.63, 3.8) is 0 Å². The van der Waals surface area contributed by atoms with Crippen LogP contribution in [0.15, 0.2) is 0 Å². The smallest absolute Gasteiger partial charge is 0.258 e. The lowest BCUT2D eigenvalue weighted by Gasteiger charge is -2.34. The molecule has 0 aliphatic carbocycles. The van der Waals surface area contributed by atoms with Crippen LogP contribution in [0.25, 0.3) is 0 Å². The number of amides is 1. The Hall–Kier alpha value is -0.690. The van der Waals surface area contributed by atoms with Crippen molar-refractivity contribution in [2.75, 3.05) is 25.5 Å². The van der Waals surface area contributed by atoms with E-state index in [-0.39, 0.29) is 18.3 Å². The minimum absolute atomic E-state index is 0. The van der Waals surface area contributed by atoms with Gasteiger partial charge in [0.2, 0.25) is 0 Å². The number of rotatable bonds is 3. The van der Waals surface area contributed by atoms with Gasteiger partial charge in [0, 0.05) is 12.0 Å². The van der Waals surface area contributed by atoms with E-state index in [4.69, 9.17) is 4.74 Å². The summed E-state index contributed by atoms with van der Waals surface area (Å²) in [6.07, 6.45) is 1.39. The number of aromatic nitrogens is 1. The maximum Gasteiger partial charge on any atom is 0.258 e. The van der Waals surface area contributed by atoms with Crippen LogP contribution in [0.3, 0.4) is 0 Å². The Morgan fingerprint density at radius 1 is 1.42 bits per heavy atom. The van der Waals surface area contributed by atoms with Crippen molar-refractivity contribution < 1.29 is 9.53 Å². The molecule has 0 atom stereocenters.